The van der Waals surface area contributed by atoms with E-state index in [1.54, 1.807) is 31.2 Å². The number of amides is 2. The van der Waals surface area contributed by atoms with Gasteiger partial charge < -0.3 is 9.25 Å². The van der Waals surface area contributed by atoms with E-state index in [4.69, 9.17) is 9.25 Å². The summed E-state index contributed by atoms with van der Waals surface area (Å²) in [5, 5.41) is 0.378. The molecule has 1 N–H and O–H groups in total. The standard InChI is InChI=1S/C21H16N2O7S/c1-13-8-9-15(31(27,28)22-12-14-5-4-10-29-14)11-18(13)21(26)30-23-19(24)16-6-2-3-7-17(16)20(23)25/h2-11,22H,12H2,1H3. The third-order valence-electron chi connectivity index (χ3n) is 4.69. The first-order chi connectivity index (χ1) is 14.8. The zero-order valence-corrected chi connectivity index (χ0v) is 17.0. The van der Waals surface area contributed by atoms with Gasteiger partial charge in [0.1, 0.15) is 5.76 Å². The van der Waals surface area contributed by atoms with Crippen LogP contribution in [0.4, 0.5) is 0 Å². The highest BCUT2D eigenvalue weighted by Crippen LogP contribution is 2.24. The number of imide groups is 1. The molecule has 0 saturated carbocycles. The molecule has 0 aliphatic carbocycles. The lowest BCUT2D eigenvalue weighted by molar-refractivity contribution is -0.0585. The van der Waals surface area contributed by atoms with Crippen LogP contribution in [0.2, 0.25) is 0 Å². The number of benzene rings is 2. The Labute approximate surface area is 177 Å². The van der Waals surface area contributed by atoms with E-state index < -0.39 is 27.8 Å². The summed E-state index contributed by atoms with van der Waals surface area (Å²) in [5.41, 5.74) is 0.551. The highest BCUT2D eigenvalue weighted by molar-refractivity contribution is 7.89. The maximum atomic E-state index is 12.7. The summed E-state index contributed by atoms with van der Waals surface area (Å²) in [4.78, 5) is 42.3. The van der Waals surface area contributed by atoms with Crippen LogP contribution < -0.4 is 4.72 Å². The minimum atomic E-state index is -3.97. The number of rotatable bonds is 6. The van der Waals surface area contributed by atoms with Crippen molar-refractivity contribution in [2.45, 2.75) is 18.4 Å². The van der Waals surface area contributed by atoms with Crippen molar-refractivity contribution in [1.29, 1.82) is 0 Å². The molecule has 31 heavy (non-hydrogen) atoms. The minimum Gasteiger partial charge on any atom is -0.468 e. The van der Waals surface area contributed by atoms with Gasteiger partial charge >= 0.3 is 5.97 Å². The Bertz CT molecular complexity index is 1260. The topological polar surface area (TPSA) is 123 Å². The number of hydrogen-bond donors (Lipinski definition) is 1. The van der Waals surface area contributed by atoms with Crippen molar-refractivity contribution in [3.63, 3.8) is 0 Å². The maximum absolute atomic E-state index is 12.7. The lowest BCUT2D eigenvalue weighted by Gasteiger charge is -2.14. The predicted molar refractivity (Wildman–Crippen MR) is 106 cm³/mol. The maximum Gasteiger partial charge on any atom is 0.364 e. The molecule has 2 aromatic carbocycles. The van der Waals surface area contributed by atoms with Crippen LogP contribution >= 0.6 is 0 Å². The summed E-state index contributed by atoms with van der Waals surface area (Å²) >= 11 is 0. The lowest BCUT2D eigenvalue weighted by Crippen LogP contribution is -2.33. The second-order valence-electron chi connectivity index (χ2n) is 6.71. The molecule has 0 spiro atoms. The molecule has 158 valence electrons. The number of nitrogens with one attached hydrogen (secondary N) is 1. The van der Waals surface area contributed by atoms with E-state index >= 15 is 0 Å². The fourth-order valence-electron chi connectivity index (χ4n) is 3.03. The Kier molecular flexibility index (Phi) is 5.17. The van der Waals surface area contributed by atoms with E-state index in [1.807, 2.05) is 0 Å². The van der Waals surface area contributed by atoms with Crippen LogP contribution in [-0.4, -0.2) is 31.3 Å². The van der Waals surface area contributed by atoms with Gasteiger partial charge in [0.2, 0.25) is 10.0 Å². The molecule has 0 bridgehead atoms. The first-order valence-corrected chi connectivity index (χ1v) is 10.6. The average molecular weight is 440 g/mol. The van der Waals surface area contributed by atoms with Crippen LogP contribution in [0.5, 0.6) is 0 Å². The van der Waals surface area contributed by atoms with Gasteiger partial charge in [-0.2, -0.15) is 0 Å². The van der Waals surface area contributed by atoms with Crippen molar-refractivity contribution in [3.05, 3.63) is 88.9 Å². The Hall–Kier alpha value is -3.76. The summed E-state index contributed by atoms with van der Waals surface area (Å²) in [6, 6.07) is 13.2. The van der Waals surface area contributed by atoms with Gasteiger partial charge in [0.25, 0.3) is 11.8 Å². The number of aryl methyl sites for hydroxylation is 1. The quantitative estimate of drug-likeness (QED) is 0.584. The number of sulfonamides is 1. The summed E-state index contributed by atoms with van der Waals surface area (Å²) in [5.74, 6) is -2.15. The summed E-state index contributed by atoms with van der Waals surface area (Å²) in [6.07, 6.45) is 1.42. The smallest absolute Gasteiger partial charge is 0.364 e. The number of hydrogen-bond acceptors (Lipinski definition) is 7. The van der Waals surface area contributed by atoms with Gasteiger partial charge in [-0.15, -0.1) is 0 Å². The normalized spacial score (nSPS) is 13.4. The third-order valence-corrected chi connectivity index (χ3v) is 6.09. The molecule has 1 aliphatic rings. The fraction of sp³-hybridized carbons (Fsp3) is 0.0952. The van der Waals surface area contributed by atoms with Crippen LogP contribution in [-0.2, 0) is 21.4 Å². The van der Waals surface area contributed by atoms with Crippen LogP contribution in [0.25, 0.3) is 0 Å². The highest BCUT2D eigenvalue weighted by atomic mass is 32.2. The van der Waals surface area contributed by atoms with Crippen LogP contribution in [0, 0.1) is 6.92 Å². The molecule has 1 aliphatic heterocycles. The van der Waals surface area contributed by atoms with E-state index in [2.05, 4.69) is 4.72 Å². The number of carbonyl (C=O) groups excluding carboxylic acids is 3. The van der Waals surface area contributed by atoms with Crippen molar-refractivity contribution in [3.8, 4) is 0 Å². The number of carbonyl (C=O) groups is 3. The molecule has 4 rings (SSSR count). The SMILES string of the molecule is Cc1ccc(S(=O)(=O)NCc2ccco2)cc1C(=O)ON1C(=O)c2ccccc2C1=O. The van der Waals surface area contributed by atoms with Gasteiger partial charge in [-0.3, -0.25) is 9.59 Å². The molecule has 3 aromatic rings. The van der Waals surface area contributed by atoms with Gasteiger partial charge in [-0.05, 0) is 48.9 Å². The highest BCUT2D eigenvalue weighted by Gasteiger charge is 2.39. The summed E-state index contributed by atoms with van der Waals surface area (Å²) in [6.45, 7) is 1.50. The molecule has 1 aromatic heterocycles. The van der Waals surface area contributed by atoms with Crippen molar-refractivity contribution in [2.75, 3.05) is 0 Å². The Morgan fingerprint density at radius 1 is 1.03 bits per heavy atom. The molecule has 2 amide bonds. The lowest BCUT2D eigenvalue weighted by atomic mass is 10.1. The average Bonchev–Trinajstić information content (AvgIpc) is 3.36. The summed E-state index contributed by atoms with van der Waals surface area (Å²) in [7, 11) is -3.97. The van der Waals surface area contributed by atoms with E-state index in [1.165, 1.54) is 30.5 Å². The van der Waals surface area contributed by atoms with Crippen LogP contribution in [0.1, 0.15) is 42.4 Å². The molecule has 0 fully saturated rings. The first-order valence-electron chi connectivity index (χ1n) is 9.11. The molecule has 9 nitrogen and oxygen atoms in total. The fourth-order valence-corrected chi connectivity index (χ4v) is 4.05. The molecule has 0 atom stereocenters. The molecular formula is C21H16N2O7S. The number of fused-ring (bicyclic) bond motifs is 1. The molecule has 0 unspecified atom stereocenters. The molecule has 0 saturated heterocycles. The van der Waals surface area contributed by atoms with Gasteiger partial charge in [0.05, 0.1) is 34.4 Å². The number of furan rings is 1. The second-order valence-corrected chi connectivity index (χ2v) is 8.48. The van der Waals surface area contributed by atoms with Gasteiger partial charge in [0.15, 0.2) is 0 Å². The van der Waals surface area contributed by atoms with Gasteiger partial charge in [0, 0.05) is 0 Å². The Morgan fingerprint density at radius 3 is 2.32 bits per heavy atom. The Morgan fingerprint density at radius 2 is 1.71 bits per heavy atom. The van der Waals surface area contributed by atoms with Crippen molar-refractivity contribution in [2.24, 2.45) is 0 Å². The largest absolute Gasteiger partial charge is 0.468 e. The van der Waals surface area contributed by atoms with Crippen molar-refractivity contribution in [1.82, 2.24) is 9.79 Å². The van der Waals surface area contributed by atoms with Gasteiger partial charge in [-0.1, -0.05) is 23.3 Å². The Balaban J connectivity index is 1.55. The first kappa shape index (κ1) is 20.5. The monoisotopic (exact) mass is 440 g/mol. The van der Waals surface area contributed by atoms with Crippen molar-refractivity contribution >= 4 is 27.8 Å². The van der Waals surface area contributed by atoms with Gasteiger partial charge in [-0.25, -0.2) is 17.9 Å². The third kappa shape index (κ3) is 3.86. The van der Waals surface area contributed by atoms with E-state index in [0.29, 0.717) is 16.4 Å². The minimum absolute atomic E-state index is 0.0714. The number of hydroxylamine groups is 2. The summed E-state index contributed by atoms with van der Waals surface area (Å²) < 4.78 is 32.6. The van der Waals surface area contributed by atoms with E-state index in [9.17, 15) is 22.8 Å². The van der Waals surface area contributed by atoms with Crippen LogP contribution in [0.15, 0.2) is 70.2 Å². The second kappa shape index (κ2) is 7.82. The van der Waals surface area contributed by atoms with Crippen LogP contribution in [0.3, 0.4) is 0 Å². The zero-order valence-electron chi connectivity index (χ0n) is 16.2. The van der Waals surface area contributed by atoms with E-state index in [0.717, 1.165) is 6.07 Å². The van der Waals surface area contributed by atoms with E-state index in [-0.39, 0.29) is 28.1 Å². The van der Waals surface area contributed by atoms with Crippen molar-refractivity contribution < 1.29 is 32.1 Å². The molecule has 0 radical (unpaired) electrons. The molecule has 2 heterocycles. The number of nitrogens with zero attached hydrogens (tertiary/aromatic N) is 1. The predicted octanol–water partition coefficient (Wildman–Crippen LogP) is 2.43. The molecular weight excluding hydrogens is 424 g/mol. The zero-order chi connectivity index (χ0) is 22.2. The molecule has 10 heteroatoms.